The minimum atomic E-state index is -0.438. The zero-order chi connectivity index (χ0) is 21.6. The van der Waals surface area contributed by atoms with E-state index in [-0.39, 0.29) is 36.1 Å². The summed E-state index contributed by atoms with van der Waals surface area (Å²) in [6.45, 7) is 7.82. The third-order valence-electron chi connectivity index (χ3n) is 4.86. The highest BCUT2D eigenvalue weighted by molar-refractivity contribution is 7.80. The van der Waals surface area contributed by atoms with Gasteiger partial charge in [0.25, 0.3) is 0 Å². The maximum atomic E-state index is 12.9. The van der Waals surface area contributed by atoms with E-state index in [1.54, 1.807) is 0 Å². The van der Waals surface area contributed by atoms with Gasteiger partial charge in [-0.25, -0.2) is 0 Å². The van der Waals surface area contributed by atoms with Crippen LogP contribution in [0.2, 0.25) is 0 Å². The van der Waals surface area contributed by atoms with Crippen LogP contribution in [-0.2, 0) is 16.0 Å². The number of amides is 1. The number of aromatic nitrogens is 1. The maximum absolute atomic E-state index is 12.9. The Kier molecular flexibility index (Phi) is 8.34. The van der Waals surface area contributed by atoms with E-state index in [1.807, 2.05) is 58.2 Å². The van der Waals surface area contributed by atoms with Gasteiger partial charge in [-0.05, 0) is 18.1 Å². The molecule has 1 heterocycles. The van der Waals surface area contributed by atoms with Gasteiger partial charge in [0.1, 0.15) is 0 Å². The standard InChI is InChI=1S/C22H32N4O2S/c1-13(2)21(28)19(11-15-12-24-17-8-6-5-7-16(15)17)26-22(29)18(25-14(3)4)9-10-20(23)27/h5-8,12-14,18-19,24-25H,9-11H2,1-4H3,(H2,23,27)(H,26,29)/t18-,19-/m0/s1. The number of rotatable bonds is 11. The van der Waals surface area contributed by atoms with Crippen LogP contribution in [0.5, 0.6) is 0 Å². The minimum Gasteiger partial charge on any atom is -0.370 e. The third kappa shape index (κ3) is 6.65. The predicted molar refractivity (Wildman–Crippen MR) is 122 cm³/mol. The number of para-hydroxylation sites is 1. The smallest absolute Gasteiger partial charge is 0.217 e. The number of ketones is 1. The number of thiocarbonyl (C=S) groups is 1. The fourth-order valence-corrected chi connectivity index (χ4v) is 3.73. The third-order valence-corrected chi connectivity index (χ3v) is 5.26. The van der Waals surface area contributed by atoms with E-state index >= 15 is 0 Å². The SMILES string of the molecule is CC(C)N[C@@H](CCC(N)=O)C(=S)N[C@@H](Cc1c[nH]c2ccccc12)C(=O)C(C)C. The molecular formula is C22H32N4O2S. The number of hydrogen-bond donors (Lipinski definition) is 4. The Morgan fingerprint density at radius 1 is 1.14 bits per heavy atom. The first-order chi connectivity index (χ1) is 13.7. The molecule has 7 heteroatoms. The quantitative estimate of drug-likeness (QED) is 0.422. The molecule has 0 bridgehead atoms. The number of carbonyl (C=O) groups excluding carboxylic acids is 2. The van der Waals surface area contributed by atoms with Gasteiger partial charge >= 0.3 is 0 Å². The van der Waals surface area contributed by atoms with E-state index in [0.29, 0.717) is 17.8 Å². The average molecular weight is 417 g/mol. The van der Waals surface area contributed by atoms with E-state index in [9.17, 15) is 9.59 Å². The van der Waals surface area contributed by atoms with Crippen LogP contribution in [0.25, 0.3) is 10.9 Å². The lowest BCUT2D eigenvalue weighted by atomic mass is 9.95. The zero-order valence-corrected chi connectivity index (χ0v) is 18.4. The highest BCUT2D eigenvalue weighted by Crippen LogP contribution is 2.20. The summed E-state index contributed by atoms with van der Waals surface area (Å²) < 4.78 is 0. The summed E-state index contributed by atoms with van der Waals surface area (Å²) in [4.78, 5) is 28.0. The molecule has 5 N–H and O–H groups in total. The molecule has 2 atom stereocenters. The van der Waals surface area contributed by atoms with Crippen molar-refractivity contribution in [3.8, 4) is 0 Å². The lowest BCUT2D eigenvalue weighted by Gasteiger charge is -2.27. The van der Waals surface area contributed by atoms with Crippen molar-refractivity contribution in [2.75, 3.05) is 0 Å². The molecule has 0 aliphatic rings. The number of fused-ring (bicyclic) bond motifs is 1. The van der Waals surface area contributed by atoms with Crippen molar-refractivity contribution in [1.82, 2.24) is 15.6 Å². The summed E-state index contributed by atoms with van der Waals surface area (Å²) in [6, 6.07) is 7.56. The number of benzene rings is 1. The van der Waals surface area contributed by atoms with E-state index < -0.39 is 6.04 Å². The second-order valence-corrected chi connectivity index (χ2v) is 8.50. The molecule has 0 saturated heterocycles. The van der Waals surface area contributed by atoms with Crippen LogP contribution in [0.15, 0.2) is 30.5 Å². The molecular weight excluding hydrogens is 384 g/mol. The van der Waals surface area contributed by atoms with Crippen LogP contribution in [0.1, 0.15) is 46.1 Å². The van der Waals surface area contributed by atoms with Crippen molar-refractivity contribution in [3.05, 3.63) is 36.0 Å². The van der Waals surface area contributed by atoms with Crippen molar-refractivity contribution >= 4 is 39.8 Å². The fourth-order valence-electron chi connectivity index (χ4n) is 3.40. The Balaban J connectivity index is 2.21. The summed E-state index contributed by atoms with van der Waals surface area (Å²) in [5.74, 6) is -0.379. The molecule has 0 spiro atoms. The Hall–Kier alpha value is -2.25. The first-order valence-electron chi connectivity index (χ1n) is 10.1. The van der Waals surface area contributed by atoms with Gasteiger partial charge in [-0.3, -0.25) is 9.59 Å². The van der Waals surface area contributed by atoms with Gasteiger partial charge in [0.2, 0.25) is 5.91 Å². The molecule has 6 nitrogen and oxygen atoms in total. The number of nitrogens with one attached hydrogen (secondary N) is 3. The van der Waals surface area contributed by atoms with Gasteiger partial charge in [0, 0.05) is 41.9 Å². The summed E-state index contributed by atoms with van der Waals surface area (Å²) in [5.41, 5.74) is 7.43. The topological polar surface area (TPSA) is 100 Å². The maximum Gasteiger partial charge on any atom is 0.217 e. The normalized spacial score (nSPS) is 13.6. The van der Waals surface area contributed by atoms with Crippen molar-refractivity contribution in [3.63, 3.8) is 0 Å². The lowest BCUT2D eigenvalue weighted by Crippen LogP contribution is -2.52. The van der Waals surface area contributed by atoms with Gasteiger partial charge in [-0.2, -0.15) is 0 Å². The number of H-pyrrole nitrogens is 1. The van der Waals surface area contributed by atoms with Crippen LogP contribution in [0, 0.1) is 5.92 Å². The Bertz CT molecular complexity index is 859. The molecule has 1 aromatic carbocycles. The fraction of sp³-hybridized carbons (Fsp3) is 0.500. The predicted octanol–water partition coefficient (Wildman–Crippen LogP) is 2.85. The lowest BCUT2D eigenvalue weighted by molar-refractivity contribution is -0.123. The van der Waals surface area contributed by atoms with Crippen LogP contribution < -0.4 is 16.4 Å². The Morgan fingerprint density at radius 3 is 2.45 bits per heavy atom. The number of Topliss-reactive ketones (excluding diaryl/α,β-unsaturated/α-hetero) is 1. The van der Waals surface area contributed by atoms with Crippen molar-refractivity contribution in [1.29, 1.82) is 0 Å². The molecule has 0 aliphatic carbocycles. The summed E-state index contributed by atoms with van der Waals surface area (Å²) >= 11 is 5.63. The second kappa shape index (κ2) is 10.5. The van der Waals surface area contributed by atoms with E-state index in [1.165, 1.54) is 0 Å². The van der Waals surface area contributed by atoms with Gasteiger partial charge in [-0.1, -0.05) is 58.1 Å². The first kappa shape index (κ1) is 23.0. The molecule has 0 unspecified atom stereocenters. The summed E-state index contributed by atoms with van der Waals surface area (Å²) in [6.07, 6.45) is 3.21. The molecule has 0 fully saturated rings. The molecule has 2 rings (SSSR count). The molecule has 1 amide bonds. The molecule has 2 aromatic rings. The van der Waals surface area contributed by atoms with Crippen molar-refractivity contribution in [2.24, 2.45) is 11.7 Å². The molecule has 29 heavy (non-hydrogen) atoms. The van der Waals surface area contributed by atoms with E-state index in [2.05, 4.69) is 15.6 Å². The number of nitrogens with two attached hydrogens (primary N) is 1. The van der Waals surface area contributed by atoms with Gasteiger partial charge in [0.15, 0.2) is 5.78 Å². The monoisotopic (exact) mass is 416 g/mol. The van der Waals surface area contributed by atoms with Crippen LogP contribution in [-0.4, -0.2) is 39.8 Å². The largest absolute Gasteiger partial charge is 0.370 e. The molecule has 1 aromatic heterocycles. The summed E-state index contributed by atoms with van der Waals surface area (Å²) in [7, 11) is 0. The van der Waals surface area contributed by atoms with Crippen LogP contribution >= 0.6 is 12.2 Å². The van der Waals surface area contributed by atoms with Gasteiger partial charge in [0.05, 0.1) is 17.1 Å². The number of aromatic amines is 1. The number of hydrogen-bond acceptors (Lipinski definition) is 4. The van der Waals surface area contributed by atoms with E-state index in [4.69, 9.17) is 18.0 Å². The molecule has 0 saturated carbocycles. The van der Waals surface area contributed by atoms with Gasteiger partial charge in [-0.15, -0.1) is 0 Å². The average Bonchev–Trinajstić information content (AvgIpc) is 3.06. The highest BCUT2D eigenvalue weighted by Gasteiger charge is 2.26. The zero-order valence-electron chi connectivity index (χ0n) is 17.6. The Labute approximate surface area is 178 Å². The Morgan fingerprint density at radius 2 is 1.83 bits per heavy atom. The van der Waals surface area contributed by atoms with Crippen LogP contribution in [0.4, 0.5) is 0 Å². The first-order valence-corrected chi connectivity index (χ1v) is 10.5. The van der Waals surface area contributed by atoms with Crippen molar-refractivity contribution < 1.29 is 9.59 Å². The molecule has 0 radical (unpaired) electrons. The van der Waals surface area contributed by atoms with Crippen LogP contribution in [0.3, 0.4) is 0 Å². The molecule has 158 valence electrons. The van der Waals surface area contributed by atoms with E-state index in [0.717, 1.165) is 16.5 Å². The molecule has 0 aliphatic heterocycles. The number of carbonyl (C=O) groups is 2. The minimum absolute atomic E-state index is 0.107. The van der Waals surface area contributed by atoms with Gasteiger partial charge < -0.3 is 21.4 Å². The highest BCUT2D eigenvalue weighted by atomic mass is 32.1. The second-order valence-electron chi connectivity index (χ2n) is 8.06. The summed E-state index contributed by atoms with van der Waals surface area (Å²) in [5, 5.41) is 7.76. The number of primary amides is 1. The van der Waals surface area contributed by atoms with Crippen molar-refractivity contribution in [2.45, 2.75) is 65.1 Å².